The molecule has 2 aromatic rings. The fourth-order valence-corrected chi connectivity index (χ4v) is 4.34. The van der Waals surface area contributed by atoms with Crippen LogP contribution in [-0.4, -0.2) is 36.5 Å². The summed E-state index contributed by atoms with van der Waals surface area (Å²) in [6, 6.07) is 9.88. The highest BCUT2D eigenvalue weighted by Gasteiger charge is 2.46. The summed E-state index contributed by atoms with van der Waals surface area (Å²) in [7, 11) is 1.36. The van der Waals surface area contributed by atoms with Crippen molar-refractivity contribution in [3.8, 4) is 11.8 Å². The minimum absolute atomic E-state index is 0.0594. The smallest absolute Gasteiger partial charge is 0.450 e. The van der Waals surface area contributed by atoms with Gasteiger partial charge in [-0.05, 0) is 35.7 Å². The largest absolute Gasteiger partial charge is 0.497 e. The van der Waals surface area contributed by atoms with Gasteiger partial charge in [-0.1, -0.05) is 49.7 Å². The van der Waals surface area contributed by atoms with E-state index < -0.39 is 84.0 Å². The highest BCUT2D eigenvalue weighted by atomic mass is 35.5. The normalized spacial score (nSPS) is 13.9. The lowest BCUT2D eigenvalue weighted by atomic mass is 9.84. The van der Waals surface area contributed by atoms with Gasteiger partial charge in [0.15, 0.2) is 5.78 Å². The minimum atomic E-state index is -5.21. The number of amides is 1. The van der Waals surface area contributed by atoms with E-state index in [1.54, 1.807) is 6.07 Å². The van der Waals surface area contributed by atoms with E-state index in [0.29, 0.717) is 5.75 Å². The van der Waals surface area contributed by atoms with Crippen molar-refractivity contribution in [3.05, 3.63) is 64.7 Å². The van der Waals surface area contributed by atoms with Crippen molar-refractivity contribution in [2.45, 2.75) is 51.3 Å². The van der Waals surface area contributed by atoms with Crippen LogP contribution in [0.15, 0.2) is 48.5 Å². The third-order valence-corrected chi connectivity index (χ3v) is 6.81. The van der Waals surface area contributed by atoms with Crippen molar-refractivity contribution in [1.29, 1.82) is 5.26 Å². The highest BCUT2D eigenvalue weighted by Crippen LogP contribution is 2.34. The molecule has 1 N–H and O–H groups in total. The second-order valence-electron chi connectivity index (χ2n) is 9.87. The molecular formula is C29H28ClF5N2O5. The molecule has 2 rings (SSSR count). The molecule has 0 unspecified atom stereocenters. The maximum atomic E-state index is 14.9. The molecule has 0 aliphatic rings. The average Bonchev–Trinajstić information content (AvgIpc) is 2.93. The number of halogens is 6. The maximum Gasteiger partial charge on any atom is 0.450 e. The number of carbonyl (C=O) groups excluding carboxylic acids is 4. The molecule has 0 aromatic heterocycles. The summed E-state index contributed by atoms with van der Waals surface area (Å²) in [6.07, 6.45) is -7.89. The molecule has 0 heterocycles. The number of rotatable bonds is 14. The van der Waals surface area contributed by atoms with E-state index in [1.807, 2.05) is 0 Å². The Morgan fingerprint density at radius 3 is 2.12 bits per heavy atom. The van der Waals surface area contributed by atoms with Crippen LogP contribution in [0, 0.1) is 29.1 Å². The van der Waals surface area contributed by atoms with Crippen LogP contribution in [0.2, 0.25) is 5.02 Å². The Morgan fingerprint density at radius 2 is 1.62 bits per heavy atom. The van der Waals surface area contributed by atoms with Gasteiger partial charge >= 0.3 is 12.1 Å². The molecule has 0 aliphatic carbocycles. The van der Waals surface area contributed by atoms with Crippen LogP contribution >= 0.6 is 11.6 Å². The van der Waals surface area contributed by atoms with Crippen molar-refractivity contribution in [2.75, 3.05) is 7.11 Å². The van der Waals surface area contributed by atoms with E-state index >= 15 is 0 Å². The van der Waals surface area contributed by atoms with Gasteiger partial charge in [0.1, 0.15) is 11.8 Å². The van der Waals surface area contributed by atoms with E-state index in [0.717, 1.165) is 12.1 Å². The molecule has 0 spiro atoms. The molecule has 13 heteroatoms. The number of nitrogens with one attached hydrogen (secondary N) is 1. The van der Waals surface area contributed by atoms with Crippen molar-refractivity contribution in [2.24, 2.45) is 17.8 Å². The van der Waals surface area contributed by atoms with Gasteiger partial charge in [0, 0.05) is 35.8 Å². The van der Waals surface area contributed by atoms with Gasteiger partial charge in [0.2, 0.25) is 17.5 Å². The second kappa shape index (κ2) is 14.4. The van der Waals surface area contributed by atoms with Crippen LogP contribution in [0.5, 0.6) is 5.75 Å². The number of hydrogen-bond donors (Lipinski definition) is 1. The number of nitriles is 1. The molecule has 3 atom stereocenters. The predicted octanol–water partition coefficient (Wildman–Crippen LogP) is 6.15. The third kappa shape index (κ3) is 8.82. The standard InChI is InChI=1S/C29H28ClF5N2O5/c1-16(2)22(26(40)29(33,34)35)15-23(38)25(17-7-9-21(42-3)10-8-17)37-27(41)18(11-12-36)13-24(39)28(31,32)19-5-4-6-20(30)14-19/h4-10,14,16,18,22,25H,11,13,15H2,1-3H3,(H,37,41)/t18-,22+,25+/m1/s1. The number of hydrogen-bond acceptors (Lipinski definition) is 6. The molecule has 42 heavy (non-hydrogen) atoms. The van der Waals surface area contributed by atoms with Gasteiger partial charge in [0.05, 0.1) is 19.1 Å². The van der Waals surface area contributed by atoms with Crippen LogP contribution in [0.3, 0.4) is 0 Å². The molecule has 0 saturated heterocycles. The zero-order valence-electron chi connectivity index (χ0n) is 22.8. The van der Waals surface area contributed by atoms with Crippen molar-refractivity contribution in [3.63, 3.8) is 0 Å². The predicted molar refractivity (Wildman–Crippen MR) is 142 cm³/mol. The van der Waals surface area contributed by atoms with Crippen molar-refractivity contribution < 1.29 is 45.9 Å². The first-order valence-electron chi connectivity index (χ1n) is 12.6. The number of nitrogens with zero attached hydrogens (tertiary/aromatic N) is 1. The summed E-state index contributed by atoms with van der Waals surface area (Å²) >= 11 is 5.75. The topological polar surface area (TPSA) is 113 Å². The summed E-state index contributed by atoms with van der Waals surface area (Å²) in [5.41, 5.74) is -0.640. The monoisotopic (exact) mass is 614 g/mol. The van der Waals surface area contributed by atoms with Crippen LogP contribution in [0.1, 0.15) is 50.3 Å². The van der Waals surface area contributed by atoms with Gasteiger partial charge in [-0.3, -0.25) is 19.2 Å². The van der Waals surface area contributed by atoms with Crippen molar-refractivity contribution in [1.82, 2.24) is 5.32 Å². The molecule has 1 amide bonds. The Labute approximate surface area is 244 Å². The van der Waals surface area contributed by atoms with Gasteiger partial charge in [-0.2, -0.15) is 27.2 Å². The number of alkyl halides is 5. The summed E-state index contributed by atoms with van der Waals surface area (Å²) in [4.78, 5) is 51.2. The molecule has 7 nitrogen and oxygen atoms in total. The number of ether oxygens (including phenoxy) is 1. The molecule has 226 valence electrons. The second-order valence-corrected chi connectivity index (χ2v) is 10.3. The lowest BCUT2D eigenvalue weighted by Gasteiger charge is -2.25. The van der Waals surface area contributed by atoms with Crippen LogP contribution in [0.4, 0.5) is 22.0 Å². The maximum absolute atomic E-state index is 14.9. The zero-order chi connectivity index (χ0) is 31.8. The van der Waals surface area contributed by atoms with Gasteiger partial charge in [-0.25, -0.2) is 0 Å². The molecule has 0 radical (unpaired) electrons. The van der Waals surface area contributed by atoms with E-state index in [9.17, 15) is 46.4 Å². The highest BCUT2D eigenvalue weighted by molar-refractivity contribution is 6.30. The Balaban J connectivity index is 2.39. The molecule has 2 aromatic carbocycles. The summed E-state index contributed by atoms with van der Waals surface area (Å²) in [5, 5.41) is 11.5. The summed E-state index contributed by atoms with van der Waals surface area (Å²) in [6.45, 7) is 2.66. The third-order valence-electron chi connectivity index (χ3n) is 6.58. The molecular weight excluding hydrogens is 587 g/mol. The van der Waals surface area contributed by atoms with Crippen LogP contribution in [0.25, 0.3) is 0 Å². The Morgan fingerprint density at radius 1 is 1.00 bits per heavy atom. The van der Waals surface area contributed by atoms with Crippen LogP contribution in [-0.2, 0) is 25.1 Å². The van der Waals surface area contributed by atoms with Gasteiger partial charge in [0.25, 0.3) is 0 Å². The first kappa shape index (κ1) is 34.4. The number of carbonyl (C=O) groups is 4. The lowest BCUT2D eigenvalue weighted by Crippen LogP contribution is -2.42. The number of benzene rings is 2. The van der Waals surface area contributed by atoms with Crippen LogP contribution < -0.4 is 10.1 Å². The number of Topliss-reactive ketones (excluding diaryl/α,β-unsaturated/α-hetero) is 3. The Hall–Kier alpha value is -3.85. The fraction of sp³-hybridized carbons (Fsp3) is 0.414. The average molecular weight is 615 g/mol. The molecule has 0 saturated carbocycles. The van der Waals surface area contributed by atoms with E-state index in [4.69, 9.17) is 16.3 Å². The Bertz CT molecular complexity index is 1340. The molecule has 0 bridgehead atoms. The molecule has 0 fully saturated rings. The Kier molecular flexibility index (Phi) is 11.7. The van der Waals surface area contributed by atoms with Gasteiger partial charge < -0.3 is 10.1 Å². The van der Waals surface area contributed by atoms with E-state index in [-0.39, 0.29) is 10.6 Å². The fourth-order valence-electron chi connectivity index (χ4n) is 4.15. The van der Waals surface area contributed by atoms with E-state index in [1.165, 1.54) is 57.4 Å². The molecule has 0 aliphatic heterocycles. The zero-order valence-corrected chi connectivity index (χ0v) is 23.6. The SMILES string of the molecule is COc1ccc([C@H](NC(=O)[C@H](CC#N)CC(=O)C(F)(F)c2cccc(Cl)c2)C(=O)C[C@H](C(=O)C(F)(F)F)C(C)C)cc1. The first-order valence-corrected chi connectivity index (χ1v) is 13.0. The van der Waals surface area contributed by atoms with Gasteiger partial charge in [-0.15, -0.1) is 0 Å². The minimum Gasteiger partial charge on any atom is -0.497 e. The lowest BCUT2D eigenvalue weighted by molar-refractivity contribution is -0.177. The van der Waals surface area contributed by atoms with E-state index in [2.05, 4.69) is 5.32 Å². The number of methoxy groups -OCH3 is 1. The van der Waals surface area contributed by atoms with Crippen molar-refractivity contribution >= 4 is 34.9 Å². The number of ketones is 3. The summed E-state index contributed by atoms with van der Waals surface area (Å²) < 4.78 is 74.5. The summed E-state index contributed by atoms with van der Waals surface area (Å²) in [5.74, 6) is -13.9. The first-order chi connectivity index (χ1) is 19.5. The quantitative estimate of drug-likeness (QED) is 0.255.